The summed E-state index contributed by atoms with van der Waals surface area (Å²) in [4.78, 5) is 10.1. The summed E-state index contributed by atoms with van der Waals surface area (Å²) in [6.45, 7) is 3.91. The van der Waals surface area contributed by atoms with Crippen LogP contribution in [0.2, 0.25) is 0 Å². The highest BCUT2D eigenvalue weighted by atomic mass is 16.6. The van der Waals surface area contributed by atoms with E-state index in [1.54, 1.807) is 0 Å². The zero-order valence-corrected chi connectivity index (χ0v) is 5.89. The fourth-order valence-electron chi connectivity index (χ4n) is 0.620. The molecule has 54 valence electrons. The first-order chi connectivity index (χ1) is 4.20. The van der Waals surface area contributed by atoms with Crippen molar-refractivity contribution in [2.75, 3.05) is 0 Å². The van der Waals surface area contributed by atoms with E-state index < -0.39 is 6.09 Å². The van der Waals surface area contributed by atoms with Gasteiger partial charge in [-0.05, 0) is 12.8 Å². The summed E-state index contributed by atoms with van der Waals surface area (Å²) in [5.74, 6) is 0. The average Bonchev–Trinajstić information content (AvgIpc) is 1.82. The van der Waals surface area contributed by atoms with Crippen LogP contribution in [0.5, 0.6) is 0 Å². The highest BCUT2D eigenvalue weighted by Crippen LogP contribution is 2.01. The van der Waals surface area contributed by atoms with Crippen molar-refractivity contribution in [1.82, 2.24) is 0 Å². The molecule has 2 N–H and O–H groups in total. The highest BCUT2D eigenvalue weighted by Gasteiger charge is 2.05. The fraction of sp³-hybridized carbons (Fsp3) is 0.833. The third-order valence-electron chi connectivity index (χ3n) is 1.19. The maximum Gasteiger partial charge on any atom is 0.404 e. The smallest absolute Gasteiger partial charge is 0.404 e. The number of nitrogens with two attached hydrogens (primary N) is 1. The fourth-order valence-corrected chi connectivity index (χ4v) is 0.620. The van der Waals surface area contributed by atoms with Gasteiger partial charge in [0.1, 0.15) is 6.10 Å². The van der Waals surface area contributed by atoms with Gasteiger partial charge in [0.2, 0.25) is 0 Å². The topological polar surface area (TPSA) is 52.3 Å². The van der Waals surface area contributed by atoms with Crippen LogP contribution in [0.1, 0.15) is 26.7 Å². The number of ether oxygens (including phenoxy) is 1. The second-order valence-corrected chi connectivity index (χ2v) is 1.88. The first-order valence-electron chi connectivity index (χ1n) is 3.16. The maximum absolute atomic E-state index is 10.1. The van der Waals surface area contributed by atoms with Crippen LogP contribution in [0.3, 0.4) is 0 Å². The van der Waals surface area contributed by atoms with Crippen molar-refractivity contribution in [3.05, 3.63) is 0 Å². The van der Waals surface area contributed by atoms with Gasteiger partial charge in [-0.1, -0.05) is 13.8 Å². The normalized spacial score (nSPS) is 9.67. The number of rotatable bonds is 3. The van der Waals surface area contributed by atoms with E-state index in [0.717, 1.165) is 12.8 Å². The van der Waals surface area contributed by atoms with E-state index in [0.29, 0.717) is 0 Å². The van der Waals surface area contributed by atoms with E-state index >= 15 is 0 Å². The molecular formula is C6H13NO2. The Labute approximate surface area is 55.2 Å². The molecule has 0 rings (SSSR count). The Hall–Kier alpha value is -0.730. The monoisotopic (exact) mass is 131 g/mol. The molecule has 0 atom stereocenters. The van der Waals surface area contributed by atoms with Crippen LogP contribution >= 0.6 is 0 Å². The molecule has 3 heteroatoms. The van der Waals surface area contributed by atoms with Crippen molar-refractivity contribution < 1.29 is 9.53 Å². The first kappa shape index (κ1) is 8.27. The Morgan fingerprint density at radius 2 is 2.00 bits per heavy atom. The Morgan fingerprint density at radius 3 is 2.11 bits per heavy atom. The summed E-state index contributed by atoms with van der Waals surface area (Å²) < 4.78 is 4.69. The summed E-state index contributed by atoms with van der Waals surface area (Å²) in [6, 6.07) is 0. The Kier molecular flexibility index (Phi) is 3.84. The summed E-state index contributed by atoms with van der Waals surface area (Å²) in [5.41, 5.74) is 4.78. The molecule has 0 aromatic rings. The van der Waals surface area contributed by atoms with Crippen molar-refractivity contribution >= 4 is 6.09 Å². The van der Waals surface area contributed by atoms with Crippen molar-refractivity contribution in [2.45, 2.75) is 32.8 Å². The number of hydrogen-bond acceptors (Lipinski definition) is 2. The summed E-state index contributed by atoms with van der Waals surface area (Å²) in [5, 5.41) is 0. The Morgan fingerprint density at radius 1 is 1.56 bits per heavy atom. The van der Waals surface area contributed by atoms with Gasteiger partial charge in [-0.3, -0.25) is 0 Å². The van der Waals surface area contributed by atoms with Gasteiger partial charge in [0.15, 0.2) is 0 Å². The lowest BCUT2D eigenvalue weighted by atomic mass is 10.2. The molecule has 0 saturated heterocycles. The largest absolute Gasteiger partial charge is 0.446 e. The highest BCUT2D eigenvalue weighted by molar-refractivity contribution is 5.64. The molecule has 0 aromatic heterocycles. The molecule has 0 aliphatic rings. The summed E-state index contributed by atoms with van der Waals surface area (Å²) >= 11 is 0. The molecular weight excluding hydrogens is 118 g/mol. The second-order valence-electron chi connectivity index (χ2n) is 1.88. The van der Waals surface area contributed by atoms with E-state index in [2.05, 4.69) is 4.74 Å². The van der Waals surface area contributed by atoms with Crippen molar-refractivity contribution in [2.24, 2.45) is 5.73 Å². The first-order valence-corrected chi connectivity index (χ1v) is 3.16. The summed E-state index contributed by atoms with van der Waals surface area (Å²) in [7, 11) is 0. The molecule has 9 heavy (non-hydrogen) atoms. The van der Waals surface area contributed by atoms with Crippen molar-refractivity contribution in [1.29, 1.82) is 0 Å². The van der Waals surface area contributed by atoms with Crippen molar-refractivity contribution in [3.63, 3.8) is 0 Å². The van der Waals surface area contributed by atoms with Gasteiger partial charge < -0.3 is 10.5 Å². The molecule has 0 bridgehead atoms. The van der Waals surface area contributed by atoms with Crippen LogP contribution in [0.15, 0.2) is 0 Å². The zero-order chi connectivity index (χ0) is 7.28. The van der Waals surface area contributed by atoms with E-state index in [9.17, 15) is 4.79 Å². The zero-order valence-electron chi connectivity index (χ0n) is 5.89. The molecule has 0 unspecified atom stereocenters. The molecule has 0 heterocycles. The maximum atomic E-state index is 10.1. The van der Waals surface area contributed by atoms with Crippen LogP contribution < -0.4 is 5.73 Å². The third kappa shape index (κ3) is 3.82. The molecule has 0 aromatic carbocycles. The van der Waals surface area contributed by atoms with Gasteiger partial charge in [-0.25, -0.2) is 4.79 Å². The molecule has 0 spiro atoms. The van der Waals surface area contributed by atoms with E-state index in [4.69, 9.17) is 5.73 Å². The van der Waals surface area contributed by atoms with Crippen LogP contribution in [0.4, 0.5) is 4.79 Å². The summed E-state index contributed by atoms with van der Waals surface area (Å²) in [6.07, 6.45) is 0.991. The van der Waals surface area contributed by atoms with Gasteiger partial charge in [0.05, 0.1) is 0 Å². The quantitative estimate of drug-likeness (QED) is 0.627. The minimum atomic E-state index is -0.677. The molecule has 0 saturated carbocycles. The van der Waals surface area contributed by atoms with Crippen LogP contribution in [0.25, 0.3) is 0 Å². The lowest BCUT2D eigenvalue weighted by Gasteiger charge is -2.10. The van der Waals surface area contributed by atoms with Gasteiger partial charge >= 0.3 is 6.09 Å². The third-order valence-corrected chi connectivity index (χ3v) is 1.19. The molecule has 0 aliphatic carbocycles. The molecule has 0 fully saturated rings. The predicted octanol–water partition coefficient (Wildman–Crippen LogP) is 1.27. The Balaban J connectivity index is 3.43. The van der Waals surface area contributed by atoms with Crippen LogP contribution in [-0.4, -0.2) is 12.2 Å². The second kappa shape index (κ2) is 4.18. The van der Waals surface area contributed by atoms with Gasteiger partial charge in [-0.15, -0.1) is 0 Å². The molecule has 3 nitrogen and oxygen atoms in total. The minimum Gasteiger partial charge on any atom is -0.446 e. The van der Waals surface area contributed by atoms with E-state index in [1.165, 1.54) is 0 Å². The van der Waals surface area contributed by atoms with Gasteiger partial charge in [0, 0.05) is 0 Å². The van der Waals surface area contributed by atoms with Gasteiger partial charge in [-0.2, -0.15) is 0 Å². The SMILES string of the molecule is CCC(CC)OC(N)=O. The average molecular weight is 131 g/mol. The van der Waals surface area contributed by atoms with E-state index in [1.807, 2.05) is 13.8 Å². The van der Waals surface area contributed by atoms with Crippen molar-refractivity contribution in [3.8, 4) is 0 Å². The lowest BCUT2D eigenvalue weighted by molar-refractivity contribution is 0.102. The lowest BCUT2D eigenvalue weighted by Crippen LogP contribution is -2.21. The molecule has 0 aliphatic heterocycles. The van der Waals surface area contributed by atoms with Gasteiger partial charge in [0.25, 0.3) is 0 Å². The predicted molar refractivity (Wildman–Crippen MR) is 35.0 cm³/mol. The minimum absolute atomic E-state index is 0.00231. The van der Waals surface area contributed by atoms with E-state index in [-0.39, 0.29) is 6.10 Å². The Bertz CT molecular complexity index is 89.1. The van der Waals surface area contributed by atoms with Crippen LogP contribution in [-0.2, 0) is 4.74 Å². The molecule has 1 amide bonds. The standard InChI is InChI=1S/C6H13NO2/c1-3-5(4-2)9-6(7)8/h5H,3-4H2,1-2H3,(H2,7,8). The number of amides is 1. The number of carbonyl (C=O) groups is 1. The van der Waals surface area contributed by atoms with Crippen LogP contribution in [0, 0.1) is 0 Å². The number of carbonyl (C=O) groups excluding carboxylic acids is 1. The number of primary amides is 1. The number of hydrogen-bond donors (Lipinski definition) is 1. The molecule has 0 radical (unpaired) electrons.